The summed E-state index contributed by atoms with van der Waals surface area (Å²) in [5, 5.41) is 0. The number of para-hydroxylation sites is 2. The molecule has 3 rings (SSSR count). The number of sulfonamides is 1. The van der Waals surface area contributed by atoms with Gasteiger partial charge >= 0.3 is 0 Å². The van der Waals surface area contributed by atoms with Gasteiger partial charge in [0.25, 0.3) is 0 Å². The Labute approximate surface area is 143 Å². The lowest BCUT2D eigenvalue weighted by Gasteiger charge is -2.35. The summed E-state index contributed by atoms with van der Waals surface area (Å²) in [7, 11) is -1.77. The van der Waals surface area contributed by atoms with Crippen molar-refractivity contribution >= 4 is 15.7 Å². The van der Waals surface area contributed by atoms with Crippen molar-refractivity contribution in [1.29, 1.82) is 0 Å². The zero-order chi connectivity index (χ0) is 17.2. The molecule has 0 spiro atoms. The molecule has 2 aromatic carbocycles. The number of piperazine rings is 1. The van der Waals surface area contributed by atoms with Crippen molar-refractivity contribution in [3.63, 3.8) is 0 Å². The second-order valence-electron chi connectivity index (χ2n) is 5.88. The highest BCUT2D eigenvalue weighted by molar-refractivity contribution is 7.89. The molecule has 1 aliphatic heterocycles. The highest BCUT2D eigenvalue weighted by Gasteiger charge is 2.29. The second-order valence-corrected chi connectivity index (χ2v) is 7.81. The van der Waals surface area contributed by atoms with Gasteiger partial charge in [-0.2, -0.15) is 4.31 Å². The SMILES string of the molecule is COc1ccccc1N1CCN(S(=O)(=O)c2ccc(C)cc2)CC1. The first kappa shape index (κ1) is 16.8. The van der Waals surface area contributed by atoms with Gasteiger partial charge in [0, 0.05) is 26.2 Å². The van der Waals surface area contributed by atoms with Crippen LogP contribution in [-0.4, -0.2) is 46.0 Å². The van der Waals surface area contributed by atoms with E-state index in [0.717, 1.165) is 17.0 Å². The first-order chi connectivity index (χ1) is 11.5. The molecule has 0 atom stereocenters. The van der Waals surface area contributed by atoms with E-state index in [-0.39, 0.29) is 0 Å². The minimum Gasteiger partial charge on any atom is -0.495 e. The Morgan fingerprint density at radius 3 is 2.17 bits per heavy atom. The lowest BCUT2D eigenvalue weighted by molar-refractivity contribution is 0.378. The number of aryl methyl sites for hydroxylation is 1. The Hall–Kier alpha value is -2.05. The summed E-state index contributed by atoms with van der Waals surface area (Å²) >= 11 is 0. The maximum absolute atomic E-state index is 12.7. The normalized spacial score (nSPS) is 16.2. The molecule has 1 fully saturated rings. The van der Waals surface area contributed by atoms with Crippen LogP contribution in [0.5, 0.6) is 5.75 Å². The van der Waals surface area contributed by atoms with Crippen LogP contribution in [0.3, 0.4) is 0 Å². The van der Waals surface area contributed by atoms with Crippen molar-refractivity contribution in [3.05, 3.63) is 54.1 Å². The number of hydrogen-bond donors (Lipinski definition) is 0. The van der Waals surface area contributed by atoms with Gasteiger partial charge in [-0.1, -0.05) is 29.8 Å². The summed E-state index contributed by atoms with van der Waals surface area (Å²) in [5.41, 5.74) is 2.06. The Bertz CT molecular complexity index is 795. The van der Waals surface area contributed by atoms with E-state index in [1.54, 1.807) is 23.5 Å². The Kier molecular flexibility index (Phi) is 4.78. The second kappa shape index (κ2) is 6.83. The lowest BCUT2D eigenvalue weighted by Crippen LogP contribution is -2.48. The number of hydrogen-bond acceptors (Lipinski definition) is 4. The summed E-state index contributed by atoms with van der Waals surface area (Å²) < 4.78 is 32.5. The van der Waals surface area contributed by atoms with Crippen molar-refractivity contribution in [2.45, 2.75) is 11.8 Å². The van der Waals surface area contributed by atoms with Gasteiger partial charge in [0.2, 0.25) is 10.0 Å². The van der Waals surface area contributed by atoms with E-state index in [1.165, 1.54) is 0 Å². The fourth-order valence-corrected chi connectivity index (χ4v) is 4.34. The molecule has 0 aromatic heterocycles. The fraction of sp³-hybridized carbons (Fsp3) is 0.333. The minimum absolute atomic E-state index is 0.360. The molecule has 0 N–H and O–H groups in total. The number of anilines is 1. The van der Waals surface area contributed by atoms with Crippen LogP contribution in [0, 0.1) is 6.92 Å². The van der Waals surface area contributed by atoms with Crippen LogP contribution in [0.4, 0.5) is 5.69 Å². The summed E-state index contributed by atoms with van der Waals surface area (Å²) in [6.07, 6.45) is 0. The first-order valence-corrected chi connectivity index (χ1v) is 9.41. The zero-order valence-corrected chi connectivity index (χ0v) is 14.8. The monoisotopic (exact) mass is 346 g/mol. The molecule has 0 radical (unpaired) electrons. The maximum Gasteiger partial charge on any atom is 0.243 e. The lowest BCUT2D eigenvalue weighted by atomic mass is 10.2. The molecule has 0 bridgehead atoms. The largest absolute Gasteiger partial charge is 0.495 e. The van der Waals surface area contributed by atoms with Crippen LogP contribution < -0.4 is 9.64 Å². The molecule has 0 saturated carbocycles. The van der Waals surface area contributed by atoms with E-state index >= 15 is 0 Å². The smallest absolute Gasteiger partial charge is 0.243 e. The third-order valence-corrected chi connectivity index (χ3v) is 6.24. The minimum atomic E-state index is -3.42. The quantitative estimate of drug-likeness (QED) is 0.854. The van der Waals surface area contributed by atoms with Crippen LogP contribution in [0.15, 0.2) is 53.4 Å². The van der Waals surface area contributed by atoms with Crippen LogP contribution in [0.2, 0.25) is 0 Å². The van der Waals surface area contributed by atoms with Gasteiger partial charge in [-0.25, -0.2) is 8.42 Å². The number of nitrogens with zero attached hydrogens (tertiary/aromatic N) is 2. The Morgan fingerprint density at radius 2 is 1.54 bits per heavy atom. The third kappa shape index (κ3) is 3.25. The average Bonchev–Trinajstić information content (AvgIpc) is 2.62. The zero-order valence-electron chi connectivity index (χ0n) is 14.0. The van der Waals surface area contributed by atoms with Gasteiger partial charge in [-0.15, -0.1) is 0 Å². The molecule has 2 aromatic rings. The molecule has 0 amide bonds. The predicted octanol–water partition coefficient (Wildman–Crippen LogP) is 2.51. The van der Waals surface area contributed by atoms with Crippen molar-refractivity contribution < 1.29 is 13.2 Å². The molecular weight excluding hydrogens is 324 g/mol. The number of methoxy groups -OCH3 is 1. The van der Waals surface area contributed by atoms with Gasteiger partial charge in [0.15, 0.2) is 0 Å². The van der Waals surface area contributed by atoms with Gasteiger partial charge in [0.1, 0.15) is 5.75 Å². The van der Waals surface area contributed by atoms with Gasteiger partial charge in [-0.05, 0) is 31.2 Å². The molecule has 0 aliphatic carbocycles. The molecule has 6 heteroatoms. The molecule has 0 unspecified atom stereocenters. The van der Waals surface area contributed by atoms with Crippen LogP contribution in [0.25, 0.3) is 0 Å². The standard InChI is InChI=1S/C18H22N2O3S/c1-15-7-9-16(10-8-15)24(21,22)20-13-11-19(12-14-20)17-5-3-4-6-18(17)23-2/h3-10H,11-14H2,1-2H3. The van der Waals surface area contributed by atoms with E-state index in [9.17, 15) is 8.42 Å². The third-order valence-electron chi connectivity index (χ3n) is 4.32. The predicted molar refractivity (Wildman–Crippen MR) is 95.1 cm³/mol. The molecule has 1 saturated heterocycles. The van der Waals surface area contributed by atoms with Crippen molar-refractivity contribution in [2.75, 3.05) is 38.2 Å². The molecule has 1 aliphatic rings. The van der Waals surface area contributed by atoms with E-state index in [0.29, 0.717) is 31.1 Å². The van der Waals surface area contributed by atoms with Gasteiger partial charge in [0.05, 0.1) is 17.7 Å². The number of rotatable bonds is 4. The van der Waals surface area contributed by atoms with Crippen LogP contribution in [0.1, 0.15) is 5.56 Å². The number of benzene rings is 2. The van der Waals surface area contributed by atoms with Crippen LogP contribution >= 0.6 is 0 Å². The first-order valence-electron chi connectivity index (χ1n) is 7.97. The molecular formula is C18H22N2O3S. The molecule has 5 nitrogen and oxygen atoms in total. The fourth-order valence-electron chi connectivity index (χ4n) is 2.92. The summed E-state index contributed by atoms with van der Waals surface area (Å²) in [4.78, 5) is 2.53. The van der Waals surface area contributed by atoms with Gasteiger partial charge < -0.3 is 9.64 Å². The summed E-state index contributed by atoms with van der Waals surface area (Å²) in [6.45, 7) is 4.17. The Morgan fingerprint density at radius 1 is 0.917 bits per heavy atom. The van der Waals surface area contributed by atoms with Crippen LogP contribution in [-0.2, 0) is 10.0 Å². The summed E-state index contributed by atoms with van der Waals surface area (Å²) in [6, 6.07) is 14.8. The van der Waals surface area contributed by atoms with Gasteiger partial charge in [-0.3, -0.25) is 0 Å². The van der Waals surface area contributed by atoms with E-state index < -0.39 is 10.0 Å². The highest BCUT2D eigenvalue weighted by Crippen LogP contribution is 2.29. The molecule has 24 heavy (non-hydrogen) atoms. The van der Waals surface area contributed by atoms with Crippen molar-refractivity contribution in [3.8, 4) is 5.75 Å². The summed E-state index contributed by atoms with van der Waals surface area (Å²) in [5.74, 6) is 0.812. The maximum atomic E-state index is 12.7. The topological polar surface area (TPSA) is 49.9 Å². The van der Waals surface area contributed by atoms with E-state index in [4.69, 9.17) is 4.74 Å². The van der Waals surface area contributed by atoms with E-state index in [1.807, 2.05) is 43.3 Å². The Balaban J connectivity index is 1.74. The molecule has 128 valence electrons. The van der Waals surface area contributed by atoms with Crippen molar-refractivity contribution in [2.24, 2.45) is 0 Å². The number of ether oxygens (including phenoxy) is 1. The molecule has 1 heterocycles. The van der Waals surface area contributed by atoms with E-state index in [2.05, 4.69) is 4.90 Å². The average molecular weight is 346 g/mol. The highest BCUT2D eigenvalue weighted by atomic mass is 32.2. The van der Waals surface area contributed by atoms with Crippen molar-refractivity contribution in [1.82, 2.24) is 4.31 Å².